The fourth-order valence-electron chi connectivity index (χ4n) is 5.73. The van der Waals surface area contributed by atoms with Crippen molar-refractivity contribution in [2.24, 2.45) is 0 Å². The van der Waals surface area contributed by atoms with Crippen LogP contribution in [0.2, 0.25) is 0 Å². The number of Topliss-reactive ketones (excluding diaryl/α,β-unsaturated/α-hetero) is 1. The van der Waals surface area contributed by atoms with Crippen LogP contribution < -0.4 is 15.4 Å². The summed E-state index contributed by atoms with van der Waals surface area (Å²) in [7, 11) is 0. The molecule has 0 saturated heterocycles. The van der Waals surface area contributed by atoms with E-state index < -0.39 is 11.6 Å². The van der Waals surface area contributed by atoms with Gasteiger partial charge in [0.2, 0.25) is 5.91 Å². The average molecular weight is 601 g/mol. The van der Waals surface area contributed by atoms with Crippen LogP contribution in [0.3, 0.4) is 0 Å². The van der Waals surface area contributed by atoms with Gasteiger partial charge >= 0.3 is 5.97 Å². The van der Waals surface area contributed by atoms with Gasteiger partial charge in [0.1, 0.15) is 28.8 Å². The number of phenolic OH excluding ortho intramolecular Hbond substituents is 2. The Morgan fingerprint density at radius 3 is 1.95 bits per heavy atom. The molecule has 0 radical (unpaired) electrons. The smallest absolute Gasteiger partial charge is 0.340 e. The quantitative estimate of drug-likeness (QED) is 0.154. The molecule has 2 aliphatic heterocycles. The standard InChI is InChI=1S/C34H36N2O8/c1-21(37)8-4-2-6-16-35-31(40)9-5-3-7-17-36-32(41)22-10-13-26-25(18-22)33(42)44-34(26)27-14-11-23(38)19-29(27)43-30-20-24(39)12-15-28(30)34/h10-15,18-20,38-39H,2-9,16-17H2,1H3,(H,35,40)(H,36,41). The number of carbonyl (C=O) groups is 4. The summed E-state index contributed by atoms with van der Waals surface area (Å²) in [4.78, 5) is 49.2. The predicted molar refractivity (Wildman–Crippen MR) is 161 cm³/mol. The number of carbonyl (C=O) groups excluding carboxylic acids is 4. The molecule has 0 atom stereocenters. The Hall–Kier alpha value is -4.86. The van der Waals surface area contributed by atoms with Crippen molar-refractivity contribution in [3.8, 4) is 23.0 Å². The van der Waals surface area contributed by atoms with E-state index in [0.717, 1.165) is 25.7 Å². The molecule has 3 aromatic carbocycles. The van der Waals surface area contributed by atoms with E-state index in [1.807, 2.05) is 0 Å². The third kappa shape index (κ3) is 6.39. The van der Waals surface area contributed by atoms with Crippen molar-refractivity contribution < 1.29 is 38.9 Å². The maximum Gasteiger partial charge on any atom is 0.340 e. The molecule has 0 fully saturated rings. The molecule has 0 saturated carbocycles. The monoisotopic (exact) mass is 600 g/mol. The van der Waals surface area contributed by atoms with Gasteiger partial charge in [-0.25, -0.2) is 4.79 Å². The zero-order valence-electron chi connectivity index (χ0n) is 24.6. The molecule has 10 nitrogen and oxygen atoms in total. The maximum absolute atomic E-state index is 13.3. The summed E-state index contributed by atoms with van der Waals surface area (Å²) in [6.07, 6.45) is 5.82. The molecule has 0 aliphatic carbocycles. The Kier molecular flexibility index (Phi) is 9.18. The molecule has 2 aliphatic rings. The van der Waals surface area contributed by atoms with Gasteiger partial charge in [0.05, 0.1) is 5.56 Å². The molecule has 5 rings (SSSR count). The Balaban J connectivity index is 1.17. The van der Waals surface area contributed by atoms with Crippen LogP contribution in [0.1, 0.15) is 95.7 Å². The summed E-state index contributed by atoms with van der Waals surface area (Å²) in [5, 5.41) is 25.9. The Bertz CT molecular complexity index is 1550. The first-order chi connectivity index (χ1) is 21.2. The lowest BCUT2D eigenvalue weighted by Gasteiger charge is -2.36. The van der Waals surface area contributed by atoms with Crippen LogP contribution in [-0.4, -0.2) is 46.9 Å². The summed E-state index contributed by atoms with van der Waals surface area (Å²) in [6.45, 7) is 2.62. The van der Waals surface area contributed by atoms with Crippen LogP contribution in [0.4, 0.5) is 0 Å². The van der Waals surface area contributed by atoms with E-state index in [-0.39, 0.29) is 46.2 Å². The first-order valence-electron chi connectivity index (χ1n) is 15.0. The van der Waals surface area contributed by atoms with Gasteiger partial charge in [-0.1, -0.05) is 18.9 Å². The van der Waals surface area contributed by atoms with Crippen molar-refractivity contribution in [3.05, 3.63) is 82.4 Å². The number of ether oxygens (including phenoxy) is 2. The number of benzene rings is 3. The van der Waals surface area contributed by atoms with Gasteiger partial charge in [-0.2, -0.15) is 0 Å². The molecule has 3 aromatic rings. The summed E-state index contributed by atoms with van der Waals surface area (Å²) in [5.74, 6) is -0.238. The van der Waals surface area contributed by atoms with Crippen LogP contribution in [0.5, 0.6) is 23.0 Å². The number of rotatable bonds is 13. The van der Waals surface area contributed by atoms with Gasteiger partial charge in [-0.15, -0.1) is 0 Å². The highest BCUT2D eigenvalue weighted by Gasteiger charge is 2.53. The van der Waals surface area contributed by atoms with E-state index in [2.05, 4.69) is 10.6 Å². The number of fused-ring (bicyclic) bond motifs is 6. The number of hydrogen-bond donors (Lipinski definition) is 4. The van der Waals surface area contributed by atoms with E-state index in [4.69, 9.17) is 9.47 Å². The Morgan fingerprint density at radius 2 is 1.32 bits per heavy atom. The number of amides is 2. The summed E-state index contributed by atoms with van der Waals surface area (Å²) in [5.41, 5.74) is 0.711. The summed E-state index contributed by atoms with van der Waals surface area (Å²) < 4.78 is 12.0. The van der Waals surface area contributed by atoms with Crippen LogP contribution >= 0.6 is 0 Å². The zero-order chi connectivity index (χ0) is 31.3. The minimum atomic E-state index is -1.38. The van der Waals surface area contributed by atoms with Crippen LogP contribution in [-0.2, 0) is 19.9 Å². The van der Waals surface area contributed by atoms with Crippen molar-refractivity contribution in [1.82, 2.24) is 10.6 Å². The van der Waals surface area contributed by atoms with E-state index >= 15 is 0 Å². The van der Waals surface area contributed by atoms with E-state index in [9.17, 15) is 29.4 Å². The molecule has 2 heterocycles. The van der Waals surface area contributed by atoms with E-state index in [1.165, 1.54) is 30.3 Å². The van der Waals surface area contributed by atoms with Crippen molar-refractivity contribution in [1.29, 1.82) is 0 Å². The van der Waals surface area contributed by atoms with Crippen molar-refractivity contribution in [3.63, 3.8) is 0 Å². The number of aromatic hydroxyl groups is 2. The lowest BCUT2D eigenvalue weighted by molar-refractivity contribution is -0.121. The third-order valence-electron chi connectivity index (χ3n) is 7.93. The molecule has 230 valence electrons. The fraction of sp³-hybridized carbons (Fsp3) is 0.353. The van der Waals surface area contributed by atoms with Crippen molar-refractivity contribution in [2.75, 3.05) is 13.1 Å². The van der Waals surface area contributed by atoms with Gasteiger partial charge in [-0.05, 0) is 69.0 Å². The number of nitrogens with one attached hydrogen (secondary N) is 2. The molecular formula is C34H36N2O8. The molecule has 0 aromatic heterocycles. The maximum atomic E-state index is 13.3. The highest BCUT2D eigenvalue weighted by molar-refractivity contribution is 6.01. The number of phenols is 2. The van der Waals surface area contributed by atoms with E-state index in [1.54, 1.807) is 31.2 Å². The van der Waals surface area contributed by atoms with Crippen LogP contribution in [0.25, 0.3) is 0 Å². The number of unbranched alkanes of at least 4 members (excludes halogenated alkanes) is 4. The highest BCUT2D eigenvalue weighted by atomic mass is 16.6. The molecule has 1 spiro atoms. The lowest BCUT2D eigenvalue weighted by atomic mass is 9.77. The minimum absolute atomic E-state index is 0.00628. The lowest BCUT2D eigenvalue weighted by Crippen LogP contribution is -2.33. The normalized spacial score (nSPS) is 13.7. The molecule has 0 bridgehead atoms. The number of hydrogen-bond acceptors (Lipinski definition) is 8. The largest absolute Gasteiger partial charge is 0.508 e. The molecule has 10 heteroatoms. The van der Waals surface area contributed by atoms with E-state index in [0.29, 0.717) is 61.0 Å². The topological polar surface area (TPSA) is 151 Å². The molecule has 44 heavy (non-hydrogen) atoms. The van der Waals surface area contributed by atoms with Crippen molar-refractivity contribution in [2.45, 2.75) is 63.9 Å². The van der Waals surface area contributed by atoms with Gasteiger partial charge in [-0.3, -0.25) is 9.59 Å². The third-order valence-corrected chi connectivity index (χ3v) is 7.93. The number of ketones is 1. The van der Waals surface area contributed by atoms with Gasteiger partial charge in [0, 0.05) is 60.3 Å². The van der Waals surface area contributed by atoms with Crippen molar-refractivity contribution >= 4 is 23.6 Å². The zero-order valence-corrected chi connectivity index (χ0v) is 24.6. The molecule has 0 unspecified atom stereocenters. The Labute approximate surface area is 255 Å². The van der Waals surface area contributed by atoms with Crippen LogP contribution in [0, 0.1) is 0 Å². The second-order valence-electron chi connectivity index (χ2n) is 11.2. The van der Waals surface area contributed by atoms with Gasteiger partial charge in [0.15, 0.2) is 5.60 Å². The number of esters is 1. The second kappa shape index (κ2) is 13.2. The second-order valence-corrected chi connectivity index (χ2v) is 11.2. The average Bonchev–Trinajstić information content (AvgIpc) is 3.27. The minimum Gasteiger partial charge on any atom is -0.508 e. The Morgan fingerprint density at radius 1 is 0.727 bits per heavy atom. The summed E-state index contributed by atoms with van der Waals surface area (Å²) in [6, 6.07) is 13.9. The SMILES string of the molecule is CC(=O)CCCCCNC(=O)CCCCCNC(=O)c1ccc2c(c1)C(=O)OC21c2ccc(O)cc2Oc2cc(O)ccc21. The molecule has 4 N–H and O–H groups in total. The first kappa shape index (κ1) is 30.6. The molecular weight excluding hydrogens is 564 g/mol. The fourth-order valence-corrected chi connectivity index (χ4v) is 5.73. The predicted octanol–water partition coefficient (Wildman–Crippen LogP) is 5.22. The van der Waals surface area contributed by atoms with Gasteiger partial charge in [0.25, 0.3) is 5.91 Å². The summed E-state index contributed by atoms with van der Waals surface area (Å²) >= 11 is 0. The highest BCUT2D eigenvalue weighted by Crippen LogP contribution is 2.57. The van der Waals surface area contributed by atoms with Crippen LogP contribution in [0.15, 0.2) is 54.6 Å². The first-order valence-corrected chi connectivity index (χ1v) is 15.0. The molecule has 2 amide bonds. The van der Waals surface area contributed by atoms with Gasteiger partial charge < -0.3 is 35.1 Å².